The maximum absolute atomic E-state index is 13.2. The number of nitrogens with one attached hydrogen (secondary N) is 4. The molecule has 2 bridgehead atoms. The van der Waals surface area contributed by atoms with E-state index in [0.29, 0.717) is 24.2 Å². The summed E-state index contributed by atoms with van der Waals surface area (Å²) in [7, 11) is 0. The van der Waals surface area contributed by atoms with Crippen molar-refractivity contribution in [2.45, 2.75) is 45.5 Å². The number of benzene rings is 2. The van der Waals surface area contributed by atoms with Gasteiger partial charge in [-0.05, 0) is 50.5 Å². The first kappa shape index (κ1) is 27.6. The fraction of sp³-hybridized carbons (Fsp3) is 0.345. The highest BCUT2D eigenvalue weighted by Crippen LogP contribution is 2.31. The molecule has 10 nitrogen and oxygen atoms in total. The minimum absolute atomic E-state index is 0.181. The lowest BCUT2D eigenvalue weighted by Crippen LogP contribution is -2.44. The molecule has 4 rings (SSSR count). The number of amides is 1. The largest absolute Gasteiger partial charge is 0.464 e. The summed E-state index contributed by atoms with van der Waals surface area (Å²) < 4.78 is 16.0. The first-order valence-corrected chi connectivity index (χ1v) is 13.1. The van der Waals surface area contributed by atoms with Crippen LogP contribution in [0.15, 0.2) is 66.9 Å². The van der Waals surface area contributed by atoms with Crippen molar-refractivity contribution in [1.82, 2.24) is 10.6 Å². The average Bonchev–Trinajstić information content (AvgIpc) is 3.41. The first-order valence-electron chi connectivity index (χ1n) is 13.1. The van der Waals surface area contributed by atoms with Gasteiger partial charge in [-0.3, -0.25) is 10.1 Å². The Bertz CT molecular complexity index is 1230. The maximum atomic E-state index is 13.2. The van der Waals surface area contributed by atoms with Crippen LogP contribution >= 0.6 is 0 Å². The van der Waals surface area contributed by atoms with Gasteiger partial charge in [-0.15, -0.1) is 0 Å². The molecule has 0 fully saturated rings. The van der Waals surface area contributed by atoms with Gasteiger partial charge in [0.05, 0.1) is 24.8 Å². The molecule has 0 aromatic heterocycles. The Balaban J connectivity index is 1.60. The van der Waals surface area contributed by atoms with E-state index < -0.39 is 30.2 Å². The van der Waals surface area contributed by atoms with Crippen LogP contribution in [0.25, 0.3) is 5.70 Å². The number of rotatable bonds is 7. The fourth-order valence-corrected chi connectivity index (χ4v) is 4.38. The van der Waals surface area contributed by atoms with E-state index in [9.17, 15) is 14.4 Å². The van der Waals surface area contributed by atoms with Crippen LogP contribution in [0.5, 0.6) is 0 Å². The summed E-state index contributed by atoms with van der Waals surface area (Å²) in [6, 6.07) is 14.1. The van der Waals surface area contributed by atoms with Crippen molar-refractivity contribution in [2.24, 2.45) is 5.92 Å². The molecule has 2 heterocycles. The number of carbonyl (C=O) groups is 3. The highest BCUT2D eigenvalue weighted by atomic mass is 16.5. The van der Waals surface area contributed by atoms with Crippen molar-refractivity contribution in [3.05, 3.63) is 78.0 Å². The number of carbonyl (C=O) groups excluding carboxylic acids is 3. The molecular weight excluding hydrogens is 500 g/mol. The van der Waals surface area contributed by atoms with Gasteiger partial charge in [-0.1, -0.05) is 42.5 Å². The SMILES string of the molecule is CCOC(=O)Nc1ccc2c(c1)NC(C(=O)OCC)C/C=C/CC(C(=O)OCc1ccccc1)C1NC=C2N1. The molecule has 3 atom stereocenters. The second-order valence-electron chi connectivity index (χ2n) is 9.04. The Hall–Kier alpha value is -4.47. The van der Waals surface area contributed by atoms with Crippen molar-refractivity contribution in [2.75, 3.05) is 23.8 Å². The minimum atomic E-state index is -0.688. The van der Waals surface area contributed by atoms with E-state index in [0.717, 1.165) is 16.8 Å². The van der Waals surface area contributed by atoms with Gasteiger partial charge in [-0.25, -0.2) is 9.59 Å². The molecule has 0 saturated carbocycles. The van der Waals surface area contributed by atoms with E-state index in [-0.39, 0.29) is 25.8 Å². The minimum Gasteiger partial charge on any atom is -0.464 e. The second-order valence-corrected chi connectivity index (χ2v) is 9.04. The molecule has 0 radical (unpaired) electrons. The molecule has 10 heteroatoms. The third kappa shape index (κ3) is 7.31. The summed E-state index contributed by atoms with van der Waals surface area (Å²) >= 11 is 0. The van der Waals surface area contributed by atoms with E-state index in [4.69, 9.17) is 14.2 Å². The summed E-state index contributed by atoms with van der Waals surface area (Å²) in [6.07, 6.45) is 5.30. The standard InChI is InChI=1S/C29H34N4O6/c1-3-37-28(35)23-13-9-8-12-22(27(34)39-18-19-10-6-5-7-11-19)26-30-17-25(33-26)21-15-14-20(16-24(21)32-23)31-29(36)38-4-2/h5-11,14-17,22-23,26,30,32-33H,3-4,12-13,18H2,1-2H3,(H,31,36)/b9-8+. The predicted octanol–water partition coefficient (Wildman–Crippen LogP) is 4.13. The number of ether oxygens (including phenoxy) is 3. The van der Waals surface area contributed by atoms with Crippen molar-refractivity contribution in [1.29, 1.82) is 0 Å². The summed E-state index contributed by atoms with van der Waals surface area (Å²) in [4.78, 5) is 38.0. The summed E-state index contributed by atoms with van der Waals surface area (Å²) in [5, 5.41) is 12.6. The molecule has 1 amide bonds. The molecule has 2 aliphatic heterocycles. The van der Waals surface area contributed by atoms with Crippen molar-refractivity contribution < 1.29 is 28.6 Å². The van der Waals surface area contributed by atoms with Gasteiger partial charge in [0.25, 0.3) is 0 Å². The molecule has 4 N–H and O–H groups in total. The van der Waals surface area contributed by atoms with Crippen LogP contribution < -0.4 is 21.3 Å². The zero-order chi connectivity index (χ0) is 27.6. The van der Waals surface area contributed by atoms with Gasteiger partial charge in [-0.2, -0.15) is 0 Å². The normalized spacial score (nSPS) is 20.7. The average molecular weight is 535 g/mol. The molecule has 0 aliphatic carbocycles. The molecule has 39 heavy (non-hydrogen) atoms. The Labute approximate surface area is 227 Å². The summed E-state index contributed by atoms with van der Waals surface area (Å²) in [5.41, 5.74) is 3.47. The van der Waals surface area contributed by atoms with Crippen LogP contribution in [0.2, 0.25) is 0 Å². The predicted molar refractivity (Wildman–Crippen MR) is 147 cm³/mol. The second kappa shape index (κ2) is 13.4. The third-order valence-electron chi connectivity index (χ3n) is 6.31. The van der Waals surface area contributed by atoms with Crippen LogP contribution in [-0.4, -0.2) is 43.5 Å². The Morgan fingerprint density at radius 3 is 2.44 bits per heavy atom. The number of fused-ring (bicyclic) bond motifs is 4. The van der Waals surface area contributed by atoms with Crippen LogP contribution in [0.1, 0.15) is 37.8 Å². The highest BCUT2D eigenvalue weighted by Gasteiger charge is 2.33. The van der Waals surface area contributed by atoms with E-state index >= 15 is 0 Å². The number of esters is 2. The van der Waals surface area contributed by atoms with Gasteiger partial charge in [0.2, 0.25) is 0 Å². The quantitative estimate of drug-likeness (QED) is 0.236. The number of anilines is 2. The van der Waals surface area contributed by atoms with Gasteiger partial charge < -0.3 is 30.2 Å². The lowest BCUT2D eigenvalue weighted by Gasteiger charge is -2.25. The lowest BCUT2D eigenvalue weighted by molar-refractivity contribution is -0.151. The Kier molecular flexibility index (Phi) is 9.44. The van der Waals surface area contributed by atoms with Gasteiger partial charge in [0, 0.05) is 23.1 Å². The number of hydrogen-bond acceptors (Lipinski definition) is 9. The van der Waals surface area contributed by atoms with Crippen LogP contribution in [0, 0.1) is 5.92 Å². The molecule has 2 aromatic rings. The lowest BCUT2D eigenvalue weighted by atomic mass is 10.00. The molecular formula is C29H34N4O6. The van der Waals surface area contributed by atoms with Crippen LogP contribution in [-0.2, 0) is 30.4 Å². The maximum Gasteiger partial charge on any atom is 0.411 e. The van der Waals surface area contributed by atoms with Gasteiger partial charge in [0.15, 0.2) is 0 Å². The monoisotopic (exact) mass is 534 g/mol. The summed E-state index contributed by atoms with van der Waals surface area (Å²) in [6.45, 7) is 4.14. The van der Waals surface area contributed by atoms with E-state index in [1.807, 2.05) is 48.6 Å². The smallest absolute Gasteiger partial charge is 0.411 e. The van der Waals surface area contributed by atoms with E-state index in [1.54, 1.807) is 32.2 Å². The van der Waals surface area contributed by atoms with E-state index in [2.05, 4.69) is 21.3 Å². The molecule has 0 spiro atoms. The van der Waals surface area contributed by atoms with Crippen LogP contribution in [0.3, 0.4) is 0 Å². The van der Waals surface area contributed by atoms with Crippen LogP contribution in [0.4, 0.5) is 16.2 Å². The Morgan fingerprint density at radius 2 is 1.67 bits per heavy atom. The zero-order valence-electron chi connectivity index (χ0n) is 22.1. The fourth-order valence-electron chi connectivity index (χ4n) is 4.38. The molecule has 3 unspecified atom stereocenters. The first-order chi connectivity index (χ1) is 19.0. The van der Waals surface area contributed by atoms with Crippen molar-refractivity contribution in [3.8, 4) is 0 Å². The molecule has 0 saturated heterocycles. The third-order valence-corrected chi connectivity index (χ3v) is 6.31. The van der Waals surface area contributed by atoms with Gasteiger partial charge in [0.1, 0.15) is 18.8 Å². The topological polar surface area (TPSA) is 127 Å². The van der Waals surface area contributed by atoms with Crippen molar-refractivity contribution in [3.63, 3.8) is 0 Å². The highest BCUT2D eigenvalue weighted by molar-refractivity contribution is 5.89. The zero-order valence-corrected chi connectivity index (χ0v) is 22.1. The molecule has 2 aliphatic rings. The van der Waals surface area contributed by atoms with Gasteiger partial charge >= 0.3 is 18.0 Å². The summed E-state index contributed by atoms with van der Waals surface area (Å²) in [5.74, 6) is -1.27. The Morgan fingerprint density at radius 1 is 0.897 bits per heavy atom. The van der Waals surface area contributed by atoms with E-state index in [1.165, 1.54) is 0 Å². The number of allylic oxidation sites excluding steroid dienone is 1. The molecule has 2 aromatic carbocycles. The van der Waals surface area contributed by atoms with Crippen molar-refractivity contribution >= 4 is 35.1 Å². The number of hydrogen-bond donors (Lipinski definition) is 4. The molecule has 206 valence electrons.